The van der Waals surface area contributed by atoms with Gasteiger partial charge in [-0.05, 0) is 83.4 Å². The van der Waals surface area contributed by atoms with Gasteiger partial charge in [-0.1, -0.05) is 87.8 Å². The maximum Gasteiger partial charge on any atom is 0.266 e. The molecule has 248 valence electrons. The number of hydrogen-bond donors (Lipinski definition) is 3. The number of aliphatic hydroxyl groups is 1. The van der Waals surface area contributed by atoms with Crippen molar-refractivity contribution < 1.29 is 19.4 Å². The molecule has 2 atom stereocenters. The molecule has 0 aromatic heterocycles. The van der Waals surface area contributed by atoms with Crippen LogP contribution in [0.5, 0.6) is 5.75 Å². The number of hydrogen-bond acceptors (Lipinski definition) is 7. The SMILES string of the molecule is [N-]=[N+]=NCc1ccccc1C[C@]1(C(=O)NNCCCCc2ccccc2)N=C(c2ccc(OCCCO)cc2)O[C@H]1c1ccc(Br)cc1. The lowest BCUT2D eigenvalue weighted by Crippen LogP contribution is -2.54. The van der Waals surface area contributed by atoms with E-state index in [4.69, 9.17) is 25.1 Å². The zero-order chi connectivity index (χ0) is 33.6. The first-order chi connectivity index (χ1) is 23.5. The second-order valence-electron chi connectivity index (χ2n) is 11.5. The lowest BCUT2D eigenvalue weighted by Gasteiger charge is -2.31. The van der Waals surface area contributed by atoms with Crippen molar-refractivity contribution in [1.82, 2.24) is 10.9 Å². The molecule has 0 aliphatic carbocycles. The molecule has 10 nitrogen and oxygen atoms in total. The number of nitrogens with zero attached hydrogens (tertiary/aromatic N) is 4. The Bertz CT molecular complexity index is 1710. The number of azide groups is 1. The quantitative estimate of drug-likeness (QED) is 0.0351. The number of benzene rings is 4. The average molecular weight is 712 g/mol. The van der Waals surface area contributed by atoms with Crippen LogP contribution in [0.3, 0.4) is 0 Å². The minimum Gasteiger partial charge on any atom is -0.494 e. The molecule has 5 rings (SSSR count). The van der Waals surface area contributed by atoms with Crippen LogP contribution in [0, 0.1) is 0 Å². The van der Waals surface area contributed by atoms with Crippen LogP contribution in [0.1, 0.15) is 53.2 Å². The topological polar surface area (TPSA) is 141 Å². The van der Waals surface area contributed by atoms with Gasteiger partial charge in [-0.15, -0.1) is 0 Å². The van der Waals surface area contributed by atoms with E-state index >= 15 is 0 Å². The summed E-state index contributed by atoms with van der Waals surface area (Å²) in [5.74, 6) is 0.647. The number of nitrogens with one attached hydrogen (secondary N) is 2. The van der Waals surface area contributed by atoms with Crippen molar-refractivity contribution >= 4 is 27.7 Å². The minimum atomic E-state index is -1.41. The van der Waals surface area contributed by atoms with E-state index in [2.05, 4.69) is 48.9 Å². The van der Waals surface area contributed by atoms with E-state index in [0.717, 1.165) is 40.4 Å². The van der Waals surface area contributed by atoms with Gasteiger partial charge < -0.3 is 14.6 Å². The number of rotatable bonds is 17. The maximum absolute atomic E-state index is 14.5. The van der Waals surface area contributed by atoms with Gasteiger partial charge in [0.25, 0.3) is 5.91 Å². The van der Waals surface area contributed by atoms with Crippen molar-refractivity contribution in [1.29, 1.82) is 0 Å². The highest BCUT2D eigenvalue weighted by molar-refractivity contribution is 9.10. The fourth-order valence-electron chi connectivity index (χ4n) is 5.64. The number of halogens is 1. The summed E-state index contributed by atoms with van der Waals surface area (Å²) in [6.07, 6.45) is 2.75. The molecular weight excluding hydrogens is 672 g/mol. The van der Waals surface area contributed by atoms with Crippen LogP contribution >= 0.6 is 15.9 Å². The molecule has 0 unspecified atom stereocenters. The van der Waals surface area contributed by atoms with E-state index in [1.807, 2.05) is 91.0 Å². The minimum absolute atomic E-state index is 0.0544. The monoisotopic (exact) mass is 710 g/mol. The molecule has 0 saturated carbocycles. The van der Waals surface area contributed by atoms with Gasteiger partial charge in [0.05, 0.1) is 13.2 Å². The molecule has 3 N–H and O–H groups in total. The van der Waals surface area contributed by atoms with Gasteiger partial charge in [0.2, 0.25) is 5.90 Å². The Labute approximate surface area is 288 Å². The van der Waals surface area contributed by atoms with E-state index in [1.165, 1.54) is 5.56 Å². The van der Waals surface area contributed by atoms with Crippen LogP contribution < -0.4 is 15.6 Å². The maximum atomic E-state index is 14.5. The molecule has 1 amide bonds. The first-order valence-corrected chi connectivity index (χ1v) is 16.8. The molecular formula is C37H39BrN6O4. The molecule has 11 heteroatoms. The van der Waals surface area contributed by atoms with Crippen LogP contribution in [0.25, 0.3) is 10.4 Å². The number of unbranched alkanes of at least 4 members (excludes halogenated alkanes) is 1. The number of aryl methyl sites for hydroxylation is 1. The number of aliphatic imine (C=N–C) groups is 1. The van der Waals surface area contributed by atoms with Crippen molar-refractivity contribution in [3.8, 4) is 5.75 Å². The summed E-state index contributed by atoms with van der Waals surface area (Å²) in [6.45, 7) is 1.18. The molecule has 0 saturated heterocycles. The van der Waals surface area contributed by atoms with Gasteiger partial charge in [-0.25, -0.2) is 10.4 Å². The predicted molar refractivity (Wildman–Crippen MR) is 189 cm³/mol. The van der Waals surface area contributed by atoms with E-state index in [1.54, 1.807) is 0 Å². The molecule has 0 spiro atoms. The molecule has 4 aromatic carbocycles. The number of amides is 1. The highest BCUT2D eigenvalue weighted by atomic mass is 79.9. The largest absolute Gasteiger partial charge is 0.494 e. The van der Waals surface area contributed by atoms with Gasteiger partial charge in [0.15, 0.2) is 11.6 Å². The fraction of sp³-hybridized carbons (Fsp3) is 0.297. The van der Waals surface area contributed by atoms with Gasteiger partial charge in [-0.2, -0.15) is 0 Å². The molecule has 0 fully saturated rings. The lowest BCUT2D eigenvalue weighted by molar-refractivity contribution is -0.130. The van der Waals surface area contributed by atoms with E-state index < -0.39 is 11.6 Å². The highest BCUT2D eigenvalue weighted by Gasteiger charge is 2.53. The van der Waals surface area contributed by atoms with E-state index in [9.17, 15) is 4.79 Å². The fourth-order valence-corrected chi connectivity index (χ4v) is 5.90. The van der Waals surface area contributed by atoms with Crippen LogP contribution in [-0.4, -0.2) is 42.2 Å². The average Bonchev–Trinajstić information content (AvgIpc) is 3.50. The van der Waals surface area contributed by atoms with Gasteiger partial charge in [0, 0.05) is 40.9 Å². The lowest BCUT2D eigenvalue weighted by atomic mass is 9.81. The van der Waals surface area contributed by atoms with Gasteiger partial charge in [-0.3, -0.25) is 10.2 Å². The third kappa shape index (κ3) is 9.02. The van der Waals surface area contributed by atoms with Crippen molar-refractivity contribution in [2.24, 2.45) is 10.1 Å². The van der Waals surface area contributed by atoms with E-state index in [-0.39, 0.29) is 25.5 Å². The summed E-state index contributed by atoms with van der Waals surface area (Å²) in [4.78, 5) is 22.5. The van der Waals surface area contributed by atoms with E-state index in [0.29, 0.717) is 36.8 Å². The molecule has 4 aromatic rings. The van der Waals surface area contributed by atoms with Crippen molar-refractivity contribution in [2.75, 3.05) is 19.8 Å². The smallest absolute Gasteiger partial charge is 0.266 e. The summed E-state index contributed by atoms with van der Waals surface area (Å²) in [5.41, 5.74) is 18.1. The van der Waals surface area contributed by atoms with Crippen LogP contribution in [0.2, 0.25) is 0 Å². The van der Waals surface area contributed by atoms with Crippen LogP contribution in [-0.2, 0) is 28.9 Å². The summed E-state index contributed by atoms with van der Waals surface area (Å²) in [6, 6.07) is 33.0. The van der Waals surface area contributed by atoms with Gasteiger partial charge >= 0.3 is 0 Å². The summed E-state index contributed by atoms with van der Waals surface area (Å²) < 4.78 is 13.2. The first kappa shape index (κ1) is 34.7. The Balaban J connectivity index is 1.45. The standard InChI is InChI=1S/C37H39BrN6O4/c38-32-18-14-28(15-19-32)34-37(25-30-12-4-5-13-31(30)26-41-44-39,36(46)43-40-22-7-6-11-27-9-2-1-3-10-27)42-35(48-34)29-16-20-33(21-17-29)47-24-8-23-45/h1-5,9-10,12-21,34,40,45H,6-8,11,22-26H2,(H,43,46)/t34-,37-/m0/s1. The molecule has 1 aliphatic rings. The predicted octanol–water partition coefficient (Wildman–Crippen LogP) is 7.16. The third-order valence-electron chi connectivity index (χ3n) is 8.15. The Kier molecular flexibility index (Phi) is 12.6. The number of carbonyl (C=O) groups is 1. The Morgan fingerprint density at radius 2 is 1.69 bits per heavy atom. The second-order valence-corrected chi connectivity index (χ2v) is 12.4. The summed E-state index contributed by atoms with van der Waals surface area (Å²) in [5, 5.41) is 12.9. The first-order valence-electron chi connectivity index (χ1n) is 16.0. The molecule has 1 heterocycles. The van der Waals surface area contributed by atoms with Crippen LogP contribution in [0.15, 0.2) is 118 Å². The number of aliphatic hydroxyl groups excluding tert-OH is 1. The molecule has 0 radical (unpaired) electrons. The molecule has 48 heavy (non-hydrogen) atoms. The number of hydrazine groups is 1. The Morgan fingerprint density at radius 1 is 0.958 bits per heavy atom. The molecule has 0 bridgehead atoms. The third-order valence-corrected chi connectivity index (χ3v) is 8.68. The normalized spacial score (nSPS) is 16.8. The number of carbonyl (C=O) groups excluding carboxylic acids is 1. The van der Waals surface area contributed by atoms with Crippen molar-refractivity contribution in [3.05, 3.63) is 146 Å². The highest BCUT2D eigenvalue weighted by Crippen LogP contribution is 2.43. The van der Waals surface area contributed by atoms with Gasteiger partial charge in [0.1, 0.15) is 5.75 Å². The zero-order valence-electron chi connectivity index (χ0n) is 26.6. The summed E-state index contributed by atoms with van der Waals surface area (Å²) in [7, 11) is 0. The van der Waals surface area contributed by atoms with Crippen molar-refractivity contribution in [3.63, 3.8) is 0 Å². The zero-order valence-corrected chi connectivity index (χ0v) is 28.2. The Morgan fingerprint density at radius 3 is 2.42 bits per heavy atom. The molecule has 1 aliphatic heterocycles. The van der Waals surface area contributed by atoms with Crippen LogP contribution in [0.4, 0.5) is 0 Å². The Hall–Kier alpha value is -4.67. The number of ether oxygens (including phenoxy) is 2. The second kappa shape index (κ2) is 17.5. The summed E-state index contributed by atoms with van der Waals surface area (Å²) >= 11 is 3.52. The van der Waals surface area contributed by atoms with Crippen molar-refractivity contribution in [2.45, 2.75) is 50.3 Å².